The minimum absolute atomic E-state index is 0.561. The molecule has 2 heterocycles. The molecule has 138 valence electrons. The van der Waals surface area contributed by atoms with Crippen LogP contribution in [0, 0.1) is 0 Å². The van der Waals surface area contributed by atoms with Gasteiger partial charge in [0.15, 0.2) is 0 Å². The first-order valence-corrected chi connectivity index (χ1v) is 9.29. The van der Waals surface area contributed by atoms with Crippen molar-refractivity contribution in [2.45, 2.75) is 0 Å². The Hall–Kier alpha value is -2.76. The fourth-order valence-corrected chi connectivity index (χ4v) is 3.15. The number of aromatic nitrogens is 2. The monoisotopic (exact) mass is 361 g/mol. The summed E-state index contributed by atoms with van der Waals surface area (Å²) in [5, 5.41) is 0. The summed E-state index contributed by atoms with van der Waals surface area (Å²) in [5.41, 5.74) is 4.19. The first kappa shape index (κ1) is 17.6. The van der Waals surface area contributed by atoms with Crippen LogP contribution in [0.25, 0.3) is 22.4 Å². The number of hydrogen-bond acceptors (Lipinski definition) is 5. The van der Waals surface area contributed by atoms with Gasteiger partial charge in [-0.2, -0.15) is 0 Å². The lowest BCUT2D eigenvalue weighted by Gasteiger charge is -2.26. The third kappa shape index (κ3) is 4.70. The van der Waals surface area contributed by atoms with E-state index in [1.165, 1.54) is 5.56 Å². The molecule has 0 saturated carbocycles. The second kappa shape index (κ2) is 8.75. The van der Waals surface area contributed by atoms with Crippen LogP contribution in [0.3, 0.4) is 0 Å². The van der Waals surface area contributed by atoms with Crippen LogP contribution in [0.4, 0.5) is 0 Å². The number of ether oxygens (including phenoxy) is 2. The van der Waals surface area contributed by atoms with Crippen molar-refractivity contribution in [1.29, 1.82) is 0 Å². The molecule has 2 aromatic carbocycles. The maximum atomic E-state index is 5.83. The van der Waals surface area contributed by atoms with Crippen molar-refractivity contribution in [3.05, 3.63) is 67.0 Å². The molecule has 3 aromatic rings. The smallest absolute Gasteiger partial charge is 0.232 e. The summed E-state index contributed by atoms with van der Waals surface area (Å²) < 4.78 is 11.2. The molecule has 5 heteroatoms. The van der Waals surface area contributed by atoms with E-state index in [4.69, 9.17) is 9.47 Å². The van der Waals surface area contributed by atoms with E-state index in [1.54, 1.807) is 12.4 Å². The number of morpholine rings is 1. The Balaban J connectivity index is 1.44. The van der Waals surface area contributed by atoms with Crippen LogP contribution >= 0.6 is 0 Å². The molecule has 27 heavy (non-hydrogen) atoms. The van der Waals surface area contributed by atoms with Gasteiger partial charge in [0.2, 0.25) is 5.88 Å². The van der Waals surface area contributed by atoms with Gasteiger partial charge in [-0.1, -0.05) is 48.5 Å². The zero-order chi connectivity index (χ0) is 18.3. The highest BCUT2D eigenvalue weighted by atomic mass is 16.5. The third-order valence-electron chi connectivity index (χ3n) is 4.64. The van der Waals surface area contributed by atoms with E-state index in [-0.39, 0.29) is 0 Å². The topological polar surface area (TPSA) is 47.5 Å². The number of hydrogen-bond donors (Lipinski definition) is 0. The Kier molecular flexibility index (Phi) is 5.72. The molecule has 0 bridgehead atoms. The van der Waals surface area contributed by atoms with E-state index in [2.05, 4.69) is 39.1 Å². The van der Waals surface area contributed by atoms with Gasteiger partial charge in [0, 0.05) is 25.2 Å². The molecular weight excluding hydrogens is 338 g/mol. The predicted octanol–water partition coefficient (Wildman–Crippen LogP) is 3.52. The molecule has 0 spiro atoms. The lowest BCUT2D eigenvalue weighted by atomic mass is 10.0. The molecular formula is C22H23N3O2. The fraction of sp³-hybridized carbons (Fsp3) is 0.273. The highest BCUT2D eigenvalue weighted by Crippen LogP contribution is 2.25. The third-order valence-corrected chi connectivity index (χ3v) is 4.64. The van der Waals surface area contributed by atoms with Crippen molar-refractivity contribution in [1.82, 2.24) is 14.9 Å². The summed E-state index contributed by atoms with van der Waals surface area (Å²) in [6.07, 6.45) is 3.45. The second-order valence-electron chi connectivity index (χ2n) is 6.49. The van der Waals surface area contributed by atoms with E-state index in [9.17, 15) is 0 Å². The van der Waals surface area contributed by atoms with Gasteiger partial charge >= 0.3 is 0 Å². The van der Waals surface area contributed by atoms with Crippen molar-refractivity contribution < 1.29 is 9.47 Å². The lowest BCUT2D eigenvalue weighted by Crippen LogP contribution is -2.38. The quantitative estimate of drug-likeness (QED) is 0.672. The molecule has 0 radical (unpaired) electrons. The number of benzene rings is 2. The Bertz CT molecular complexity index is 864. The average Bonchev–Trinajstić information content (AvgIpc) is 2.75. The standard InChI is InChI=1S/C22H23N3O2/c1-2-5-18(6-3-1)19-7-4-8-20(15-19)21-16-23-17-22(24-21)27-14-11-25-9-12-26-13-10-25/h1-8,15-17H,9-14H2. The van der Waals surface area contributed by atoms with Gasteiger partial charge in [-0.25, -0.2) is 4.98 Å². The van der Waals surface area contributed by atoms with Gasteiger partial charge in [-0.3, -0.25) is 9.88 Å². The van der Waals surface area contributed by atoms with Crippen molar-refractivity contribution in [2.24, 2.45) is 0 Å². The normalized spacial score (nSPS) is 14.8. The van der Waals surface area contributed by atoms with Crippen LogP contribution < -0.4 is 4.74 Å². The van der Waals surface area contributed by atoms with E-state index in [1.807, 2.05) is 30.3 Å². The van der Waals surface area contributed by atoms with E-state index < -0.39 is 0 Å². The highest BCUT2D eigenvalue weighted by molar-refractivity contribution is 5.71. The summed E-state index contributed by atoms with van der Waals surface area (Å²) in [5.74, 6) is 0.561. The van der Waals surface area contributed by atoms with Crippen LogP contribution in [0.5, 0.6) is 5.88 Å². The molecule has 0 N–H and O–H groups in total. The Morgan fingerprint density at radius 1 is 0.889 bits per heavy atom. The first-order valence-electron chi connectivity index (χ1n) is 9.29. The highest BCUT2D eigenvalue weighted by Gasteiger charge is 2.10. The van der Waals surface area contributed by atoms with Crippen molar-refractivity contribution >= 4 is 0 Å². The van der Waals surface area contributed by atoms with E-state index >= 15 is 0 Å². The first-order chi connectivity index (χ1) is 13.4. The van der Waals surface area contributed by atoms with Gasteiger partial charge in [-0.15, -0.1) is 0 Å². The van der Waals surface area contributed by atoms with Crippen molar-refractivity contribution in [3.8, 4) is 28.3 Å². The van der Waals surface area contributed by atoms with Gasteiger partial charge < -0.3 is 9.47 Å². The zero-order valence-corrected chi connectivity index (χ0v) is 15.3. The van der Waals surface area contributed by atoms with E-state index in [0.717, 1.165) is 49.7 Å². The molecule has 1 aliphatic rings. The van der Waals surface area contributed by atoms with Crippen LogP contribution in [0.15, 0.2) is 67.0 Å². The minimum Gasteiger partial charge on any atom is -0.475 e. The number of nitrogens with zero attached hydrogens (tertiary/aromatic N) is 3. The average molecular weight is 361 g/mol. The molecule has 0 aliphatic carbocycles. The molecule has 1 aromatic heterocycles. The van der Waals surface area contributed by atoms with Gasteiger partial charge in [0.05, 0.1) is 31.3 Å². The minimum atomic E-state index is 0.561. The second-order valence-corrected chi connectivity index (χ2v) is 6.49. The summed E-state index contributed by atoms with van der Waals surface area (Å²) in [4.78, 5) is 11.3. The molecule has 5 nitrogen and oxygen atoms in total. The summed E-state index contributed by atoms with van der Waals surface area (Å²) in [6, 6.07) is 18.7. The number of rotatable bonds is 6. The van der Waals surface area contributed by atoms with Crippen molar-refractivity contribution in [3.63, 3.8) is 0 Å². The maximum Gasteiger partial charge on any atom is 0.232 e. The van der Waals surface area contributed by atoms with E-state index in [0.29, 0.717) is 12.5 Å². The van der Waals surface area contributed by atoms with Gasteiger partial charge in [-0.05, 0) is 17.2 Å². The SMILES string of the molecule is c1ccc(-c2cccc(-c3cncc(OCCN4CCOCC4)n3)c2)cc1. The molecule has 1 fully saturated rings. The lowest BCUT2D eigenvalue weighted by molar-refractivity contribution is 0.0320. The fourth-order valence-electron chi connectivity index (χ4n) is 3.15. The Morgan fingerprint density at radius 2 is 1.67 bits per heavy atom. The molecule has 0 atom stereocenters. The van der Waals surface area contributed by atoms with Crippen molar-refractivity contribution in [2.75, 3.05) is 39.5 Å². The van der Waals surface area contributed by atoms with Gasteiger partial charge in [0.25, 0.3) is 0 Å². The Morgan fingerprint density at radius 3 is 2.52 bits per heavy atom. The van der Waals surface area contributed by atoms with Crippen LogP contribution in [0.2, 0.25) is 0 Å². The molecule has 0 unspecified atom stereocenters. The van der Waals surface area contributed by atoms with Gasteiger partial charge in [0.1, 0.15) is 6.61 Å². The molecule has 1 saturated heterocycles. The summed E-state index contributed by atoms with van der Waals surface area (Å²) in [7, 11) is 0. The molecule has 4 rings (SSSR count). The molecule has 0 amide bonds. The predicted molar refractivity (Wildman–Crippen MR) is 106 cm³/mol. The summed E-state index contributed by atoms with van der Waals surface area (Å²) >= 11 is 0. The van der Waals surface area contributed by atoms with Crippen LogP contribution in [0.1, 0.15) is 0 Å². The zero-order valence-electron chi connectivity index (χ0n) is 15.3. The van der Waals surface area contributed by atoms with Crippen LogP contribution in [-0.2, 0) is 4.74 Å². The molecule has 1 aliphatic heterocycles. The largest absolute Gasteiger partial charge is 0.475 e. The summed E-state index contributed by atoms with van der Waals surface area (Å²) in [6.45, 7) is 4.99. The maximum absolute atomic E-state index is 5.83. The van der Waals surface area contributed by atoms with Crippen LogP contribution in [-0.4, -0.2) is 54.3 Å². The Labute approximate surface area is 159 Å².